The van der Waals surface area contributed by atoms with Gasteiger partial charge in [0.25, 0.3) is 0 Å². The van der Waals surface area contributed by atoms with Crippen LogP contribution in [-0.2, 0) is 13.0 Å². The number of guanidine groups is 1. The highest BCUT2D eigenvalue weighted by Crippen LogP contribution is 2.20. The van der Waals surface area contributed by atoms with Crippen molar-refractivity contribution in [2.45, 2.75) is 26.8 Å². The summed E-state index contributed by atoms with van der Waals surface area (Å²) in [4.78, 5) is 9.24. The zero-order valence-electron chi connectivity index (χ0n) is 17.2. The number of halogens is 1. The van der Waals surface area contributed by atoms with E-state index in [0.717, 1.165) is 42.3 Å². The first-order valence-electron chi connectivity index (χ1n) is 9.69. The molecule has 29 heavy (non-hydrogen) atoms. The summed E-state index contributed by atoms with van der Waals surface area (Å²) in [5.74, 6) is 1.68. The lowest BCUT2D eigenvalue weighted by Gasteiger charge is -2.13. The molecule has 0 radical (unpaired) electrons. The number of methoxy groups -OCH3 is 1. The summed E-state index contributed by atoms with van der Waals surface area (Å²) in [6, 6.07) is 16.6. The van der Waals surface area contributed by atoms with Crippen molar-refractivity contribution in [2.24, 2.45) is 4.99 Å². The van der Waals surface area contributed by atoms with Crippen molar-refractivity contribution in [2.75, 3.05) is 20.2 Å². The summed E-state index contributed by atoms with van der Waals surface area (Å²) in [6.45, 7) is 6.29. The summed E-state index contributed by atoms with van der Waals surface area (Å²) in [5.41, 5.74) is 4.56. The molecule has 0 fully saturated rings. The minimum Gasteiger partial charge on any atom is -0.496 e. The zero-order chi connectivity index (χ0) is 19.8. The first kappa shape index (κ1) is 22.9. The number of hydrogen-bond donors (Lipinski definition) is 2. The van der Waals surface area contributed by atoms with Gasteiger partial charge in [-0.05, 0) is 43.5 Å². The fourth-order valence-corrected chi connectivity index (χ4v) is 3.17. The van der Waals surface area contributed by atoms with Crippen LogP contribution in [0.15, 0.2) is 59.7 Å². The standard InChI is InChI=1S/C23H28N4O.HI/c1-4-24-23(27-16-20-11-10-17(2)15-21(20)28-3)26-14-12-19-8-5-7-18-9-6-13-25-22(18)19;/h5-11,13,15H,4,12,14,16H2,1-3H3,(H2,24,26,27);1H. The van der Waals surface area contributed by atoms with Crippen LogP contribution in [0.2, 0.25) is 0 Å². The molecule has 5 nitrogen and oxygen atoms in total. The largest absolute Gasteiger partial charge is 0.496 e. The Balaban J connectivity index is 0.00000300. The van der Waals surface area contributed by atoms with Crippen LogP contribution in [0.4, 0.5) is 0 Å². The van der Waals surface area contributed by atoms with Crippen LogP contribution >= 0.6 is 24.0 Å². The summed E-state index contributed by atoms with van der Waals surface area (Å²) in [7, 11) is 1.70. The van der Waals surface area contributed by atoms with E-state index in [1.54, 1.807) is 7.11 Å². The molecule has 0 aliphatic rings. The highest BCUT2D eigenvalue weighted by Gasteiger charge is 2.05. The van der Waals surface area contributed by atoms with Gasteiger partial charge >= 0.3 is 0 Å². The zero-order valence-corrected chi connectivity index (χ0v) is 19.6. The summed E-state index contributed by atoms with van der Waals surface area (Å²) in [6.07, 6.45) is 2.73. The smallest absolute Gasteiger partial charge is 0.191 e. The van der Waals surface area contributed by atoms with Crippen LogP contribution < -0.4 is 15.4 Å². The quantitative estimate of drug-likeness (QED) is 0.283. The maximum Gasteiger partial charge on any atom is 0.191 e. The van der Waals surface area contributed by atoms with Crippen LogP contribution in [0.1, 0.15) is 23.6 Å². The summed E-state index contributed by atoms with van der Waals surface area (Å²) >= 11 is 0. The third-order valence-corrected chi connectivity index (χ3v) is 4.60. The molecule has 0 aliphatic heterocycles. The molecule has 0 atom stereocenters. The minimum atomic E-state index is 0. The molecule has 0 bridgehead atoms. The number of pyridine rings is 1. The Bertz CT molecular complexity index is 953. The number of hydrogen-bond acceptors (Lipinski definition) is 3. The van der Waals surface area contributed by atoms with E-state index in [2.05, 4.69) is 65.9 Å². The first-order chi connectivity index (χ1) is 13.7. The number of aliphatic imine (C=N–C) groups is 1. The van der Waals surface area contributed by atoms with Gasteiger partial charge in [0, 0.05) is 30.2 Å². The molecule has 0 saturated carbocycles. The second-order valence-electron chi connectivity index (χ2n) is 6.68. The van der Waals surface area contributed by atoms with Crippen molar-refractivity contribution < 1.29 is 4.74 Å². The maximum absolute atomic E-state index is 5.48. The Morgan fingerprint density at radius 2 is 1.90 bits per heavy atom. The Hall–Kier alpha value is -2.35. The van der Waals surface area contributed by atoms with Crippen LogP contribution in [0, 0.1) is 6.92 Å². The number of nitrogens with zero attached hydrogens (tertiary/aromatic N) is 2. The third kappa shape index (κ3) is 6.32. The summed E-state index contributed by atoms with van der Waals surface area (Å²) in [5, 5.41) is 7.90. The van der Waals surface area contributed by atoms with Gasteiger partial charge in [0.1, 0.15) is 5.75 Å². The molecule has 2 N–H and O–H groups in total. The van der Waals surface area contributed by atoms with E-state index in [4.69, 9.17) is 9.73 Å². The van der Waals surface area contributed by atoms with Crippen LogP contribution in [0.25, 0.3) is 10.9 Å². The third-order valence-electron chi connectivity index (χ3n) is 4.60. The van der Waals surface area contributed by atoms with E-state index in [-0.39, 0.29) is 24.0 Å². The Morgan fingerprint density at radius 1 is 1.07 bits per heavy atom. The van der Waals surface area contributed by atoms with Crippen molar-refractivity contribution in [1.29, 1.82) is 0 Å². The lowest BCUT2D eigenvalue weighted by molar-refractivity contribution is 0.409. The van der Waals surface area contributed by atoms with E-state index < -0.39 is 0 Å². The van der Waals surface area contributed by atoms with E-state index >= 15 is 0 Å². The molecule has 2 aromatic carbocycles. The van der Waals surface area contributed by atoms with Crippen LogP contribution in [0.3, 0.4) is 0 Å². The highest BCUT2D eigenvalue weighted by molar-refractivity contribution is 14.0. The van der Waals surface area contributed by atoms with E-state index in [0.29, 0.717) is 6.54 Å². The van der Waals surface area contributed by atoms with Crippen LogP contribution in [-0.4, -0.2) is 31.1 Å². The molecule has 0 unspecified atom stereocenters. The Kier molecular flexibility index (Phi) is 9.18. The van der Waals surface area contributed by atoms with Crippen molar-refractivity contribution >= 4 is 40.8 Å². The van der Waals surface area contributed by atoms with Gasteiger partial charge in [-0.1, -0.05) is 36.4 Å². The highest BCUT2D eigenvalue weighted by atomic mass is 127. The Labute approximate surface area is 190 Å². The van der Waals surface area contributed by atoms with Gasteiger partial charge in [-0.15, -0.1) is 24.0 Å². The van der Waals surface area contributed by atoms with E-state index in [1.165, 1.54) is 16.5 Å². The number of para-hydroxylation sites is 1. The first-order valence-corrected chi connectivity index (χ1v) is 9.69. The van der Waals surface area contributed by atoms with E-state index in [1.807, 2.05) is 18.3 Å². The molecule has 0 saturated heterocycles. The van der Waals surface area contributed by atoms with Crippen molar-refractivity contribution in [3.05, 3.63) is 71.4 Å². The summed E-state index contributed by atoms with van der Waals surface area (Å²) < 4.78 is 5.48. The average Bonchev–Trinajstić information content (AvgIpc) is 2.72. The van der Waals surface area contributed by atoms with Crippen LogP contribution in [0.5, 0.6) is 5.75 Å². The molecule has 1 aromatic heterocycles. The van der Waals surface area contributed by atoms with E-state index in [9.17, 15) is 0 Å². The van der Waals surface area contributed by atoms with Crippen molar-refractivity contribution in [3.8, 4) is 5.75 Å². The number of benzene rings is 2. The number of aryl methyl sites for hydroxylation is 1. The van der Waals surface area contributed by atoms with Gasteiger partial charge in [0.2, 0.25) is 0 Å². The number of ether oxygens (including phenoxy) is 1. The van der Waals surface area contributed by atoms with Gasteiger partial charge in [0.15, 0.2) is 5.96 Å². The molecule has 1 heterocycles. The van der Waals surface area contributed by atoms with Gasteiger partial charge in [0.05, 0.1) is 19.2 Å². The minimum absolute atomic E-state index is 0. The second kappa shape index (κ2) is 11.6. The molecule has 0 amide bonds. The predicted octanol–water partition coefficient (Wildman–Crippen LogP) is 4.47. The molecule has 6 heteroatoms. The van der Waals surface area contributed by atoms with Gasteiger partial charge in [-0.3, -0.25) is 4.98 Å². The van der Waals surface area contributed by atoms with Gasteiger partial charge in [-0.25, -0.2) is 4.99 Å². The van der Waals surface area contributed by atoms with Gasteiger partial charge < -0.3 is 15.4 Å². The van der Waals surface area contributed by atoms with Crippen molar-refractivity contribution in [1.82, 2.24) is 15.6 Å². The maximum atomic E-state index is 5.48. The molecule has 3 rings (SSSR count). The SMILES string of the molecule is CCNC(=NCc1ccc(C)cc1OC)NCCc1cccc2cccnc12.I. The molecule has 0 aliphatic carbocycles. The fraction of sp³-hybridized carbons (Fsp3) is 0.304. The Morgan fingerprint density at radius 3 is 2.69 bits per heavy atom. The average molecular weight is 504 g/mol. The number of aromatic nitrogens is 1. The topological polar surface area (TPSA) is 58.5 Å². The molecular weight excluding hydrogens is 475 g/mol. The molecule has 0 spiro atoms. The van der Waals surface area contributed by atoms with Crippen molar-refractivity contribution in [3.63, 3.8) is 0 Å². The predicted molar refractivity (Wildman–Crippen MR) is 131 cm³/mol. The van der Waals surface area contributed by atoms with Gasteiger partial charge in [-0.2, -0.15) is 0 Å². The molecule has 3 aromatic rings. The monoisotopic (exact) mass is 504 g/mol. The number of fused-ring (bicyclic) bond motifs is 1. The molecule has 154 valence electrons. The lowest BCUT2D eigenvalue weighted by atomic mass is 10.1. The lowest BCUT2D eigenvalue weighted by Crippen LogP contribution is -2.38. The second-order valence-corrected chi connectivity index (χ2v) is 6.68. The number of rotatable bonds is 7. The number of nitrogens with one attached hydrogen (secondary N) is 2. The molecular formula is C23H29IN4O. The normalized spacial score (nSPS) is 11.1. The fourth-order valence-electron chi connectivity index (χ4n) is 3.17.